The summed E-state index contributed by atoms with van der Waals surface area (Å²) in [5.41, 5.74) is 4.09. The maximum atomic E-state index is 13.1. The molecule has 0 aromatic heterocycles. The Morgan fingerprint density at radius 3 is 2.14 bits per heavy atom. The fourth-order valence-corrected chi connectivity index (χ4v) is 4.68. The number of aliphatic carboxylic acids is 1. The van der Waals surface area contributed by atoms with Gasteiger partial charge in [-0.15, -0.1) is 0 Å². The van der Waals surface area contributed by atoms with Gasteiger partial charge in [-0.1, -0.05) is 86.6 Å². The van der Waals surface area contributed by atoms with Gasteiger partial charge in [0.25, 0.3) is 0 Å². The van der Waals surface area contributed by atoms with E-state index in [1.54, 1.807) is 65.6 Å². The monoisotopic (exact) mass is 564 g/mol. The zero-order chi connectivity index (χ0) is 30.1. The lowest BCUT2D eigenvalue weighted by Crippen LogP contribution is -2.37. The molecule has 0 radical (unpaired) electrons. The largest absolute Gasteiger partial charge is 0.492 e. The van der Waals surface area contributed by atoms with Crippen LogP contribution in [0.2, 0.25) is 0 Å². The average molecular weight is 565 g/mol. The van der Waals surface area contributed by atoms with Gasteiger partial charge in [0.2, 0.25) is 5.91 Å². The Kier molecular flexibility index (Phi) is 10.1. The summed E-state index contributed by atoms with van der Waals surface area (Å²) in [5, 5.41) is 13.0. The second-order valence-corrected chi connectivity index (χ2v) is 10.4. The summed E-state index contributed by atoms with van der Waals surface area (Å²) in [4.78, 5) is 39.9. The van der Waals surface area contributed by atoms with Crippen molar-refractivity contribution in [3.8, 4) is 5.75 Å². The molecule has 4 aromatic carbocycles. The lowest BCUT2D eigenvalue weighted by Gasteiger charge is -2.26. The first-order chi connectivity index (χ1) is 20.2. The molecule has 0 fully saturated rings. The van der Waals surface area contributed by atoms with Gasteiger partial charge in [-0.2, -0.15) is 0 Å². The van der Waals surface area contributed by atoms with E-state index in [2.05, 4.69) is 5.32 Å². The molecular weight excluding hydrogens is 528 g/mol. The Bertz CT molecular complexity index is 1520. The van der Waals surface area contributed by atoms with Gasteiger partial charge in [-0.25, -0.2) is 4.79 Å². The zero-order valence-electron chi connectivity index (χ0n) is 24.1. The molecule has 4 aromatic rings. The Hall–Kier alpha value is -4.91. The van der Waals surface area contributed by atoms with Crippen molar-refractivity contribution in [2.45, 2.75) is 33.2 Å². The third kappa shape index (κ3) is 7.63. The second kappa shape index (κ2) is 14.1. The van der Waals surface area contributed by atoms with Crippen LogP contribution in [0.4, 0.5) is 11.4 Å². The maximum Gasteiger partial charge on any atom is 0.326 e. The van der Waals surface area contributed by atoms with E-state index in [-0.39, 0.29) is 24.0 Å². The number of nitrogens with zero attached hydrogens (tertiary/aromatic N) is 1. The molecule has 4 rings (SSSR count). The highest BCUT2D eigenvalue weighted by Gasteiger charge is 2.22. The van der Waals surface area contributed by atoms with Crippen LogP contribution in [-0.4, -0.2) is 42.0 Å². The Balaban J connectivity index is 1.40. The van der Waals surface area contributed by atoms with Crippen molar-refractivity contribution in [3.05, 3.63) is 125 Å². The van der Waals surface area contributed by atoms with Crippen molar-refractivity contribution in [1.82, 2.24) is 0 Å². The normalized spacial score (nSPS) is 11.5. The first kappa shape index (κ1) is 30.1. The van der Waals surface area contributed by atoms with Crippen LogP contribution in [0, 0.1) is 12.8 Å². The van der Waals surface area contributed by atoms with Crippen molar-refractivity contribution >= 4 is 29.0 Å². The van der Waals surface area contributed by atoms with Crippen LogP contribution in [-0.2, 0) is 16.0 Å². The molecule has 1 amide bonds. The van der Waals surface area contributed by atoms with E-state index in [1.807, 2.05) is 63.2 Å². The number of aryl methyl sites for hydroxylation is 1. The first-order valence-electron chi connectivity index (χ1n) is 14.0. The molecule has 0 spiro atoms. The quantitative estimate of drug-likeness (QED) is 0.182. The SMILES string of the molecule is Cc1ccccc1N(CCOc1ccc(C[C@H](Nc2ccccc2C(=O)c2ccccc2)C(=O)O)cc1)C(=O)C(C)C. The first-order valence-corrected chi connectivity index (χ1v) is 14.0. The topological polar surface area (TPSA) is 95.9 Å². The number of ether oxygens (including phenoxy) is 1. The summed E-state index contributed by atoms with van der Waals surface area (Å²) >= 11 is 0. The van der Waals surface area contributed by atoms with Crippen LogP contribution in [0.1, 0.15) is 40.9 Å². The van der Waals surface area contributed by atoms with E-state index in [1.165, 1.54) is 0 Å². The number of hydrogen-bond acceptors (Lipinski definition) is 5. The van der Waals surface area contributed by atoms with Gasteiger partial charge in [0.05, 0.1) is 6.54 Å². The van der Waals surface area contributed by atoms with Gasteiger partial charge >= 0.3 is 5.97 Å². The molecule has 0 aliphatic rings. The summed E-state index contributed by atoms with van der Waals surface area (Å²) in [6, 6.07) is 29.9. The van der Waals surface area contributed by atoms with Crippen LogP contribution in [0.3, 0.4) is 0 Å². The molecule has 0 bridgehead atoms. The molecule has 0 heterocycles. The molecule has 1 atom stereocenters. The lowest BCUT2D eigenvalue weighted by molar-refractivity contribution is -0.137. The summed E-state index contributed by atoms with van der Waals surface area (Å²) in [7, 11) is 0. The van der Waals surface area contributed by atoms with Gasteiger partial charge in [0.1, 0.15) is 18.4 Å². The fraction of sp³-hybridized carbons (Fsp3) is 0.229. The number of rotatable bonds is 13. The molecule has 7 heteroatoms. The van der Waals surface area contributed by atoms with Crippen LogP contribution < -0.4 is 15.0 Å². The van der Waals surface area contributed by atoms with Gasteiger partial charge in [-0.3, -0.25) is 9.59 Å². The van der Waals surface area contributed by atoms with Crippen molar-refractivity contribution in [3.63, 3.8) is 0 Å². The molecule has 42 heavy (non-hydrogen) atoms. The molecule has 0 aliphatic carbocycles. The number of amides is 1. The summed E-state index contributed by atoms with van der Waals surface area (Å²) in [5.74, 6) is -0.700. The van der Waals surface area contributed by atoms with Crippen molar-refractivity contribution in [2.24, 2.45) is 5.92 Å². The molecular formula is C35H36N2O5. The molecule has 0 unspecified atom stereocenters. The summed E-state index contributed by atoms with van der Waals surface area (Å²) < 4.78 is 5.95. The average Bonchev–Trinajstić information content (AvgIpc) is 3.00. The number of carbonyl (C=O) groups is 3. The summed E-state index contributed by atoms with van der Waals surface area (Å²) in [6.45, 7) is 6.44. The van der Waals surface area contributed by atoms with Crippen LogP contribution in [0.25, 0.3) is 0 Å². The Morgan fingerprint density at radius 1 is 0.833 bits per heavy atom. The van der Waals surface area contributed by atoms with Gasteiger partial charge < -0.3 is 20.1 Å². The molecule has 216 valence electrons. The predicted octanol–water partition coefficient (Wildman–Crippen LogP) is 6.40. The number of ketones is 1. The standard InChI is InChI=1S/C35H36N2O5/c1-24(2)34(39)37(32-16-10-7-11-25(32)3)21-22-42-28-19-17-26(18-20-28)23-31(35(40)41)36-30-15-9-8-14-29(30)33(38)27-12-5-4-6-13-27/h4-20,24,31,36H,21-23H2,1-3H3,(H,40,41)/t31-/m0/s1. The Labute approximate surface area is 246 Å². The number of benzene rings is 4. The lowest BCUT2D eigenvalue weighted by atomic mass is 10.00. The summed E-state index contributed by atoms with van der Waals surface area (Å²) in [6.07, 6.45) is 0.202. The number of carbonyl (C=O) groups excluding carboxylic acids is 2. The molecule has 0 aliphatic heterocycles. The highest BCUT2D eigenvalue weighted by molar-refractivity contribution is 6.12. The van der Waals surface area contributed by atoms with Crippen LogP contribution in [0.5, 0.6) is 5.75 Å². The third-order valence-electron chi connectivity index (χ3n) is 6.95. The maximum absolute atomic E-state index is 13.1. The number of para-hydroxylation sites is 2. The zero-order valence-corrected chi connectivity index (χ0v) is 24.1. The molecule has 0 saturated carbocycles. The van der Waals surface area contributed by atoms with E-state index >= 15 is 0 Å². The number of nitrogens with one attached hydrogen (secondary N) is 1. The van der Waals surface area contributed by atoms with Crippen molar-refractivity contribution in [2.75, 3.05) is 23.4 Å². The van der Waals surface area contributed by atoms with E-state index in [4.69, 9.17) is 4.74 Å². The van der Waals surface area contributed by atoms with Gasteiger partial charge in [0.15, 0.2) is 5.78 Å². The third-order valence-corrected chi connectivity index (χ3v) is 6.95. The smallest absolute Gasteiger partial charge is 0.326 e. The van der Waals surface area contributed by atoms with E-state index in [0.29, 0.717) is 35.7 Å². The Morgan fingerprint density at radius 2 is 1.48 bits per heavy atom. The number of hydrogen-bond donors (Lipinski definition) is 2. The molecule has 0 saturated heterocycles. The molecule has 7 nitrogen and oxygen atoms in total. The number of anilines is 2. The predicted molar refractivity (Wildman–Crippen MR) is 165 cm³/mol. The van der Waals surface area contributed by atoms with Crippen molar-refractivity contribution in [1.29, 1.82) is 0 Å². The van der Waals surface area contributed by atoms with Crippen LogP contribution in [0.15, 0.2) is 103 Å². The van der Waals surface area contributed by atoms with Crippen LogP contribution >= 0.6 is 0 Å². The number of carboxylic acid groups (broad SMARTS) is 1. The fourth-order valence-electron chi connectivity index (χ4n) is 4.68. The second-order valence-electron chi connectivity index (χ2n) is 10.4. The highest BCUT2D eigenvalue weighted by Crippen LogP contribution is 2.23. The minimum Gasteiger partial charge on any atom is -0.492 e. The number of carboxylic acids is 1. The minimum atomic E-state index is -1.02. The van der Waals surface area contributed by atoms with Gasteiger partial charge in [0, 0.05) is 34.8 Å². The van der Waals surface area contributed by atoms with Crippen molar-refractivity contribution < 1.29 is 24.2 Å². The van der Waals surface area contributed by atoms with E-state index in [9.17, 15) is 19.5 Å². The van der Waals surface area contributed by atoms with E-state index < -0.39 is 12.0 Å². The highest BCUT2D eigenvalue weighted by atomic mass is 16.5. The molecule has 2 N–H and O–H groups in total. The van der Waals surface area contributed by atoms with E-state index in [0.717, 1.165) is 16.8 Å². The van der Waals surface area contributed by atoms with Gasteiger partial charge in [-0.05, 0) is 48.4 Å². The minimum absolute atomic E-state index is 0.0301.